The van der Waals surface area contributed by atoms with Crippen molar-refractivity contribution in [2.75, 3.05) is 7.11 Å². The molecule has 0 amide bonds. The molecule has 0 N–H and O–H groups in total. The highest BCUT2D eigenvalue weighted by atomic mass is 35.5. The summed E-state index contributed by atoms with van der Waals surface area (Å²) in [6, 6.07) is 10.8. The van der Waals surface area contributed by atoms with Crippen molar-refractivity contribution in [2.45, 2.75) is 0 Å². The van der Waals surface area contributed by atoms with E-state index in [9.17, 15) is 4.39 Å². The van der Waals surface area contributed by atoms with Crippen molar-refractivity contribution in [2.24, 2.45) is 0 Å². The molecule has 0 fully saturated rings. The molecule has 0 heterocycles. The fraction of sp³-hybridized carbons (Fsp3) is 0.0714. The van der Waals surface area contributed by atoms with Gasteiger partial charge in [0.15, 0.2) is 0 Å². The Kier molecular flexibility index (Phi) is 3.88. The minimum Gasteiger partial charge on any atom is -0.497 e. The van der Waals surface area contributed by atoms with E-state index in [1.807, 2.05) is 6.07 Å². The molecular formula is C14H9ClFNO2. The van der Waals surface area contributed by atoms with Gasteiger partial charge in [0, 0.05) is 12.1 Å². The van der Waals surface area contributed by atoms with Crippen molar-refractivity contribution in [3.05, 3.63) is 52.8 Å². The van der Waals surface area contributed by atoms with Gasteiger partial charge in [0.2, 0.25) is 0 Å². The van der Waals surface area contributed by atoms with Crippen molar-refractivity contribution in [1.29, 1.82) is 5.26 Å². The first-order chi connectivity index (χ1) is 9.13. The SMILES string of the molecule is COc1ccc(C#N)c(Oc2ccc(F)c(Cl)c2)c1. The van der Waals surface area contributed by atoms with E-state index in [-0.39, 0.29) is 5.02 Å². The Morgan fingerprint density at radius 2 is 1.89 bits per heavy atom. The van der Waals surface area contributed by atoms with E-state index in [1.54, 1.807) is 18.2 Å². The second-order valence-corrected chi connectivity index (χ2v) is 4.06. The second kappa shape index (κ2) is 5.59. The van der Waals surface area contributed by atoms with Crippen LogP contribution in [-0.2, 0) is 0 Å². The number of rotatable bonds is 3. The smallest absolute Gasteiger partial charge is 0.148 e. The van der Waals surface area contributed by atoms with Crippen LogP contribution in [-0.4, -0.2) is 7.11 Å². The molecule has 3 nitrogen and oxygen atoms in total. The van der Waals surface area contributed by atoms with Crippen LogP contribution >= 0.6 is 11.6 Å². The predicted octanol–water partition coefficient (Wildman–Crippen LogP) is 4.15. The van der Waals surface area contributed by atoms with E-state index in [4.69, 9.17) is 26.3 Å². The lowest BCUT2D eigenvalue weighted by atomic mass is 10.2. The van der Waals surface area contributed by atoms with E-state index in [0.29, 0.717) is 22.8 Å². The van der Waals surface area contributed by atoms with E-state index < -0.39 is 5.82 Å². The van der Waals surface area contributed by atoms with Crippen LogP contribution < -0.4 is 9.47 Å². The summed E-state index contributed by atoms with van der Waals surface area (Å²) in [5, 5.41) is 8.96. The molecule has 0 bridgehead atoms. The summed E-state index contributed by atoms with van der Waals surface area (Å²) in [7, 11) is 1.51. The predicted molar refractivity (Wildman–Crippen MR) is 69.2 cm³/mol. The molecule has 0 radical (unpaired) electrons. The van der Waals surface area contributed by atoms with Gasteiger partial charge in [-0.3, -0.25) is 0 Å². The highest BCUT2D eigenvalue weighted by Gasteiger charge is 2.08. The van der Waals surface area contributed by atoms with Crippen molar-refractivity contribution in [3.63, 3.8) is 0 Å². The van der Waals surface area contributed by atoms with Crippen molar-refractivity contribution in [3.8, 4) is 23.3 Å². The number of methoxy groups -OCH3 is 1. The first kappa shape index (κ1) is 13.2. The second-order valence-electron chi connectivity index (χ2n) is 3.65. The molecule has 0 saturated carbocycles. The number of benzene rings is 2. The first-order valence-electron chi connectivity index (χ1n) is 5.35. The molecule has 0 aliphatic rings. The Labute approximate surface area is 114 Å². The summed E-state index contributed by atoms with van der Waals surface area (Å²) in [5.74, 6) is 0.697. The average molecular weight is 278 g/mol. The molecule has 0 aliphatic carbocycles. The number of nitriles is 1. The van der Waals surface area contributed by atoms with Gasteiger partial charge in [0.05, 0.1) is 17.7 Å². The summed E-state index contributed by atoms with van der Waals surface area (Å²) in [6.07, 6.45) is 0. The van der Waals surface area contributed by atoms with Crippen LogP contribution in [0.15, 0.2) is 36.4 Å². The standard InChI is InChI=1S/C14H9ClFNO2/c1-18-10-3-2-9(8-17)14(7-10)19-11-4-5-13(16)12(15)6-11/h2-7H,1H3. The lowest BCUT2D eigenvalue weighted by Gasteiger charge is -2.09. The van der Waals surface area contributed by atoms with Gasteiger partial charge in [-0.05, 0) is 24.3 Å². The van der Waals surface area contributed by atoms with E-state index in [0.717, 1.165) is 0 Å². The summed E-state index contributed by atoms with van der Waals surface area (Å²) in [5.41, 5.74) is 0.348. The zero-order valence-electron chi connectivity index (χ0n) is 9.98. The Balaban J connectivity index is 2.36. The highest BCUT2D eigenvalue weighted by molar-refractivity contribution is 6.30. The van der Waals surface area contributed by atoms with Crippen LogP contribution in [0, 0.1) is 17.1 Å². The van der Waals surface area contributed by atoms with Gasteiger partial charge in [-0.1, -0.05) is 11.6 Å². The number of ether oxygens (including phenoxy) is 2. The van der Waals surface area contributed by atoms with Crippen molar-refractivity contribution in [1.82, 2.24) is 0 Å². The number of hydrogen-bond donors (Lipinski definition) is 0. The maximum Gasteiger partial charge on any atom is 0.148 e. The molecule has 2 aromatic rings. The number of halogens is 2. The molecule has 0 aliphatic heterocycles. The Morgan fingerprint density at radius 1 is 1.16 bits per heavy atom. The largest absolute Gasteiger partial charge is 0.497 e. The third kappa shape index (κ3) is 2.95. The first-order valence-corrected chi connectivity index (χ1v) is 5.73. The molecule has 0 aromatic heterocycles. The molecular weight excluding hydrogens is 269 g/mol. The molecule has 2 aromatic carbocycles. The third-order valence-corrected chi connectivity index (χ3v) is 2.72. The maximum absolute atomic E-state index is 13.0. The van der Waals surface area contributed by atoms with Gasteiger partial charge in [-0.25, -0.2) is 4.39 Å². The molecule has 2 rings (SSSR count). The Bertz CT molecular complexity index is 652. The molecule has 0 unspecified atom stereocenters. The van der Waals surface area contributed by atoms with Gasteiger partial charge >= 0.3 is 0 Å². The highest BCUT2D eigenvalue weighted by Crippen LogP contribution is 2.30. The van der Waals surface area contributed by atoms with Crippen LogP contribution in [0.25, 0.3) is 0 Å². The molecule has 19 heavy (non-hydrogen) atoms. The number of hydrogen-bond acceptors (Lipinski definition) is 3. The van der Waals surface area contributed by atoms with E-state index in [2.05, 4.69) is 0 Å². The van der Waals surface area contributed by atoms with Gasteiger partial charge < -0.3 is 9.47 Å². The summed E-state index contributed by atoms with van der Waals surface area (Å²) in [6.45, 7) is 0. The topological polar surface area (TPSA) is 42.2 Å². The van der Waals surface area contributed by atoms with Gasteiger partial charge in [-0.15, -0.1) is 0 Å². The van der Waals surface area contributed by atoms with Crippen LogP contribution in [0.1, 0.15) is 5.56 Å². The molecule has 0 atom stereocenters. The fourth-order valence-electron chi connectivity index (χ4n) is 1.47. The Morgan fingerprint density at radius 3 is 2.53 bits per heavy atom. The van der Waals surface area contributed by atoms with Crippen LogP contribution in [0.2, 0.25) is 5.02 Å². The lowest BCUT2D eigenvalue weighted by molar-refractivity contribution is 0.408. The minimum absolute atomic E-state index is 0.0427. The third-order valence-electron chi connectivity index (χ3n) is 2.43. The molecule has 96 valence electrons. The Hall–Kier alpha value is -2.25. The lowest BCUT2D eigenvalue weighted by Crippen LogP contribution is -1.91. The maximum atomic E-state index is 13.0. The van der Waals surface area contributed by atoms with Crippen molar-refractivity contribution >= 4 is 11.6 Å². The summed E-state index contributed by atoms with van der Waals surface area (Å²) < 4.78 is 23.6. The average Bonchev–Trinajstić information content (AvgIpc) is 2.43. The van der Waals surface area contributed by atoms with Crippen LogP contribution in [0.5, 0.6) is 17.2 Å². The number of nitrogens with zero attached hydrogens (tertiary/aromatic N) is 1. The zero-order chi connectivity index (χ0) is 13.8. The van der Waals surface area contributed by atoms with Gasteiger partial charge in [0.25, 0.3) is 0 Å². The molecule has 5 heteroatoms. The minimum atomic E-state index is -0.528. The van der Waals surface area contributed by atoms with Crippen LogP contribution in [0.4, 0.5) is 4.39 Å². The summed E-state index contributed by atoms with van der Waals surface area (Å²) in [4.78, 5) is 0. The summed E-state index contributed by atoms with van der Waals surface area (Å²) >= 11 is 5.67. The monoisotopic (exact) mass is 277 g/mol. The normalized spacial score (nSPS) is 9.79. The molecule has 0 saturated heterocycles. The van der Waals surface area contributed by atoms with Gasteiger partial charge in [-0.2, -0.15) is 5.26 Å². The fourth-order valence-corrected chi connectivity index (χ4v) is 1.64. The van der Waals surface area contributed by atoms with E-state index >= 15 is 0 Å². The zero-order valence-corrected chi connectivity index (χ0v) is 10.7. The quantitative estimate of drug-likeness (QED) is 0.846. The van der Waals surface area contributed by atoms with Crippen molar-refractivity contribution < 1.29 is 13.9 Å². The van der Waals surface area contributed by atoms with E-state index in [1.165, 1.54) is 25.3 Å². The van der Waals surface area contributed by atoms with Gasteiger partial charge in [0.1, 0.15) is 29.1 Å². The molecule has 0 spiro atoms. The van der Waals surface area contributed by atoms with Crippen LogP contribution in [0.3, 0.4) is 0 Å².